The average molecular weight is 297 g/mol. The number of carbonyl (C=O) groups excluding carboxylic acids is 2. The Labute approximate surface area is 125 Å². The van der Waals surface area contributed by atoms with Crippen molar-refractivity contribution >= 4 is 28.9 Å². The first kappa shape index (κ1) is 13.8. The molecular formula is C16H12FN3O2. The number of rotatable bonds is 2. The SMILES string of the molecule is O=C(/C=C1\Nc2ccccc2NC1=O)Nc1ccc(F)cc1. The zero-order chi connectivity index (χ0) is 15.5. The fraction of sp³-hybridized carbons (Fsp3) is 0. The van der Waals surface area contributed by atoms with Gasteiger partial charge < -0.3 is 16.0 Å². The molecule has 0 aliphatic carbocycles. The number of nitrogens with one attached hydrogen (secondary N) is 3. The Morgan fingerprint density at radius 1 is 1.00 bits per heavy atom. The molecule has 22 heavy (non-hydrogen) atoms. The summed E-state index contributed by atoms with van der Waals surface area (Å²) in [5.74, 6) is -1.27. The summed E-state index contributed by atoms with van der Waals surface area (Å²) >= 11 is 0. The third-order valence-corrected chi connectivity index (χ3v) is 3.08. The van der Waals surface area contributed by atoms with E-state index in [9.17, 15) is 14.0 Å². The summed E-state index contributed by atoms with van der Waals surface area (Å²) < 4.78 is 12.8. The molecule has 0 fully saturated rings. The lowest BCUT2D eigenvalue weighted by molar-refractivity contribution is -0.114. The van der Waals surface area contributed by atoms with Crippen LogP contribution >= 0.6 is 0 Å². The van der Waals surface area contributed by atoms with Crippen molar-refractivity contribution in [1.82, 2.24) is 0 Å². The molecule has 1 aliphatic heterocycles. The van der Waals surface area contributed by atoms with Crippen molar-refractivity contribution in [2.75, 3.05) is 16.0 Å². The predicted octanol–water partition coefficient (Wildman–Crippen LogP) is 2.71. The van der Waals surface area contributed by atoms with E-state index in [4.69, 9.17) is 0 Å². The second kappa shape index (κ2) is 5.69. The van der Waals surface area contributed by atoms with Gasteiger partial charge >= 0.3 is 0 Å². The van der Waals surface area contributed by atoms with Crippen molar-refractivity contribution < 1.29 is 14.0 Å². The molecule has 6 heteroatoms. The van der Waals surface area contributed by atoms with Gasteiger partial charge in [0.2, 0.25) is 0 Å². The van der Waals surface area contributed by atoms with Crippen LogP contribution in [0.15, 0.2) is 60.3 Å². The first-order chi connectivity index (χ1) is 10.6. The molecule has 0 radical (unpaired) electrons. The van der Waals surface area contributed by atoms with E-state index in [1.165, 1.54) is 24.3 Å². The molecule has 1 heterocycles. The minimum atomic E-state index is -0.483. The summed E-state index contributed by atoms with van der Waals surface area (Å²) in [4.78, 5) is 23.8. The highest BCUT2D eigenvalue weighted by Crippen LogP contribution is 2.27. The molecule has 0 atom stereocenters. The molecule has 0 aromatic heterocycles. The van der Waals surface area contributed by atoms with Gasteiger partial charge in [0.15, 0.2) is 0 Å². The van der Waals surface area contributed by atoms with Gasteiger partial charge in [-0.1, -0.05) is 12.1 Å². The molecule has 0 unspecified atom stereocenters. The predicted molar refractivity (Wildman–Crippen MR) is 81.8 cm³/mol. The number of halogens is 1. The minimum absolute atomic E-state index is 0.137. The molecule has 0 saturated heterocycles. The Hall–Kier alpha value is -3.15. The summed E-state index contributed by atoms with van der Waals surface area (Å²) in [5, 5.41) is 8.15. The fourth-order valence-electron chi connectivity index (χ4n) is 2.04. The van der Waals surface area contributed by atoms with E-state index in [0.29, 0.717) is 17.1 Å². The largest absolute Gasteiger partial charge is 0.349 e. The van der Waals surface area contributed by atoms with Crippen LogP contribution in [0.2, 0.25) is 0 Å². The summed E-state index contributed by atoms with van der Waals surface area (Å²) in [6.07, 6.45) is 1.16. The summed E-state index contributed by atoms with van der Waals surface area (Å²) in [6, 6.07) is 12.5. The highest BCUT2D eigenvalue weighted by molar-refractivity contribution is 6.15. The smallest absolute Gasteiger partial charge is 0.272 e. The van der Waals surface area contributed by atoms with Crippen molar-refractivity contribution in [2.45, 2.75) is 0 Å². The number of amides is 2. The van der Waals surface area contributed by atoms with Crippen LogP contribution in [-0.2, 0) is 9.59 Å². The van der Waals surface area contributed by atoms with Gasteiger partial charge in [0.1, 0.15) is 11.5 Å². The van der Waals surface area contributed by atoms with Gasteiger partial charge in [-0.05, 0) is 36.4 Å². The number of benzene rings is 2. The van der Waals surface area contributed by atoms with E-state index in [1.54, 1.807) is 18.2 Å². The van der Waals surface area contributed by atoms with Gasteiger partial charge in [0, 0.05) is 11.8 Å². The Morgan fingerprint density at radius 2 is 1.64 bits per heavy atom. The Bertz CT molecular complexity index is 769. The molecule has 5 nitrogen and oxygen atoms in total. The minimum Gasteiger partial charge on any atom is -0.349 e. The number of hydrogen-bond acceptors (Lipinski definition) is 3. The zero-order valence-corrected chi connectivity index (χ0v) is 11.4. The van der Waals surface area contributed by atoms with E-state index < -0.39 is 11.8 Å². The standard InChI is InChI=1S/C16H12FN3O2/c17-10-5-7-11(8-6-10)18-15(21)9-14-16(22)20-13-4-2-1-3-12(13)19-14/h1-9,19H,(H,18,21)(H,20,22)/b14-9-. The Balaban J connectivity index is 1.76. The molecule has 0 bridgehead atoms. The Morgan fingerprint density at radius 3 is 2.32 bits per heavy atom. The molecule has 2 amide bonds. The van der Waals surface area contributed by atoms with Gasteiger partial charge in [-0.2, -0.15) is 0 Å². The zero-order valence-electron chi connectivity index (χ0n) is 11.4. The van der Waals surface area contributed by atoms with Crippen LogP contribution in [0, 0.1) is 5.82 Å². The van der Waals surface area contributed by atoms with Crippen molar-refractivity contribution in [3.05, 3.63) is 66.1 Å². The van der Waals surface area contributed by atoms with Gasteiger partial charge in [-0.3, -0.25) is 9.59 Å². The van der Waals surface area contributed by atoms with Gasteiger partial charge in [0.25, 0.3) is 11.8 Å². The highest BCUT2D eigenvalue weighted by Gasteiger charge is 2.19. The summed E-state index contributed by atoms with van der Waals surface area (Å²) in [5.41, 5.74) is 1.95. The second-order valence-electron chi connectivity index (χ2n) is 4.68. The van der Waals surface area contributed by atoms with E-state index in [2.05, 4.69) is 16.0 Å². The van der Waals surface area contributed by atoms with Crippen molar-refractivity contribution in [3.63, 3.8) is 0 Å². The molecule has 0 saturated carbocycles. The maximum Gasteiger partial charge on any atom is 0.272 e. The molecule has 2 aromatic carbocycles. The normalized spacial score (nSPS) is 14.8. The Kier molecular flexibility index (Phi) is 3.57. The number of hydrogen-bond donors (Lipinski definition) is 3. The van der Waals surface area contributed by atoms with Crippen LogP contribution < -0.4 is 16.0 Å². The van der Waals surface area contributed by atoms with E-state index in [1.807, 2.05) is 6.07 Å². The fourth-order valence-corrected chi connectivity index (χ4v) is 2.04. The first-order valence-corrected chi connectivity index (χ1v) is 6.57. The maximum atomic E-state index is 12.8. The molecule has 0 spiro atoms. The van der Waals surface area contributed by atoms with Crippen LogP contribution in [-0.4, -0.2) is 11.8 Å². The molecule has 110 valence electrons. The summed E-state index contributed by atoms with van der Waals surface area (Å²) in [7, 11) is 0. The number of para-hydroxylation sites is 2. The molecule has 2 aromatic rings. The molecule has 3 N–H and O–H groups in total. The monoisotopic (exact) mass is 297 g/mol. The van der Waals surface area contributed by atoms with Gasteiger partial charge in [-0.15, -0.1) is 0 Å². The van der Waals surface area contributed by atoms with Crippen LogP contribution in [0.1, 0.15) is 0 Å². The molecular weight excluding hydrogens is 285 g/mol. The van der Waals surface area contributed by atoms with E-state index in [0.717, 1.165) is 6.08 Å². The van der Waals surface area contributed by atoms with Crippen LogP contribution in [0.3, 0.4) is 0 Å². The van der Waals surface area contributed by atoms with Crippen LogP contribution in [0.5, 0.6) is 0 Å². The van der Waals surface area contributed by atoms with Crippen LogP contribution in [0.25, 0.3) is 0 Å². The third kappa shape index (κ3) is 2.95. The van der Waals surface area contributed by atoms with Gasteiger partial charge in [-0.25, -0.2) is 4.39 Å². The second-order valence-corrected chi connectivity index (χ2v) is 4.68. The molecule has 3 rings (SSSR count). The lowest BCUT2D eigenvalue weighted by Gasteiger charge is -2.20. The number of carbonyl (C=O) groups is 2. The van der Waals surface area contributed by atoms with E-state index in [-0.39, 0.29) is 11.5 Å². The summed E-state index contributed by atoms with van der Waals surface area (Å²) in [6.45, 7) is 0. The molecule has 1 aliphatic rings. The highest BCUT2D eigenvalue weighted by atomic mass is 19.1. The van der Waals surface area contributed by atoms with Crippen molar-refractivity contribution in [1.29, 1.82) is 0 Å². The average Bonchev–Trinajstić information content (AvgIpc) is 2.50. The first-order valence-electron chi connectivity index (χ1n) is 6.57. The number of fused-ring (bicyclic) bond motifs is 1. The maximum absolute atomic E-state index is 12.8. The lowest BCUT2D eigenvalue weighted by atomic mass is 10.2. The van der Waals surface area contributed by atoms with Crippen LogP contribution in [0.4, 0.5) is 21.5 Å². The van der Waals surface area contributed by atoms with Gasteiger partial charge in [0.05, 0.1) is 11.4 Å². The van der Waals surface area contributed by atoms with Crippen molar-refractivity contribution in [3.8, 4) is 0 Å². The number of anilines is 3. The third-order valence-electron chi connectivity index (χ3n) is 3.08. The van der Waals surface area contributed by atoms with Crippen molar-refractivity contribution in [2.24, 2.45) is 0 Å². The lowest BCUT2D eigenvalue weighted by Crippen LogP contribution is -2.27. The topological polar surface area (TPSA) is 70.2 Å². The quantitative estimate of drug-likeness (QED) is 0.746. The van der Waals surface area contributed by atoms with E-state index >= 15 is 0 Å².